The second kappa shape index (κ2) is 38.1. The van der Waals surface area contributed by atoms with Crippen LogP contribution in [0.25, 0.3) is 0 Å². The number of aliphatic hydroxyl groups is 3. The summed E-state index contributed by atoms with van der Waals surface area (Å²) in [5.74, 6) is -1.52. The van der Waals surface area contributed by atoms with Crippen LogP contribution in [0.5, 0.6) is 0 Å². The van der Waals surface area contributed by atoms with Crippen LogP contribution in [0.1, 0.15) is 168 Å². The number of unbranched alkanes of at least 4 members (excludes halogenated alkanes) is 14. The number of ether oxygens (including phenoxy) is 3. The molecule has 1 saturated heterocycles. The minimum atomic E-state index is -5.47. The molecule has 1 fully saturated rings. The van der Waals surface area contributed by atoms with Gasteiger partial charge >= 0.3 is 33.3 Å². The fraction of sp³-hybridized carbons (Fsp3) is 0.680. The number of nitrogen functional groups attached to an aromatic ring is 1. The zero-order chi connectivity index (χ0) is 52.2. The number of nitrogens with two attached hydrogens (primary N) is 1. The van der Waals surface area contributed by atoms with Crippen molar-refractivity contribution in [2.75, 3.05) is 25.6 Å². The minimum Gasteiger partial charge on any atom is -0.462 e. The van der Waals surface area contributed by atoms with Crippen LogP contribution in [0.4, 0.5) is 5.82 Å². The minimum absolute atomic E-state index is 0.0694. The summed E-state index contributed by atoms with van der Waals surface area (Å²) in [6, 6.07) is 1.24. The van der Waals surface area contributed by atoms with Crippen LogP contribution in [-0.2, 0) is 46.3 Å². The third-order valence-electron chi connectivity index (χ3n) is 11.2. The van der Waals surface area contributed by atoms with Gasteiger partial charge in [-0.15, -0.1) is 0 Å². The largest absolute Gasteiger partial charge is 0.481 e. The van der Waals surface area contributed by atoms with Crippen LogP contribution < -0.4 is 11.4 Å². The fourth-order valence-electron chi connectivity index (χ4n) is 7.17. The van der Waals surface area contributed by atoms with Gasteiger partial charge in [-0.1, -0.05) is 139 Å². The molecule has 1 aliphatic heterocycles. The summed E-state index contributed by atoms with van der Waals surface area (Å²) < 4.78 is 56.6. The lowest BCUT2D eigenvalue weighted by molar-refractivity contribution is -0.161. The van der Waals surface area contributed by atoms with Gasteiger partial charge < -0.3 is 45.1 Å². The van der Waals surface area contributed by atoms with Crippen LogP contribution in [0.15, 0.2) is 77.8 Å². The lowest BCUT2D eigenvalue weighted by Crippen LogP contribution is -2.36. The van der Waals surface area contributed by atoms with Crippen molar-refractivity contribution in [3.63, 3.8) is 0 Å². The van der Waals surface area contributed by atoms with Gasteiger partial charge in [-0.2, -0.15) is 9.29 Å². The smallest absolute Gasteiger partial charge is 0.462 e. The predicted octanol–water partition coefficient (Wildman–Crippen LogP) is 9.30. The lowest BCUT2D eigenvalue weighted by Gasteiger charge is -2.21. The van der Waals surface area contributed by atoms with Gasteiger partial charge in [0, 0.05) is 19.0 Å². The van der Waals surface area contributed by atoms with Crippen molar-refractivity contribution in [2.24, 2.45) is 0 Å². The molecule has 8 atom stereocenters. The van der Waals surface area contributed by atoms with Gasteiger partial charge in [-0.05, 0) is 76.7 Å². The van der Waals surface area contributed by atoms with Crippen LogP contribution in [0.2, 0.25) is 0 Å². The number of nitrogens with zero attached hydrogens (tertiary/aromatic N) is 2. The van der Waals surface area contributed by atoms with E-state index in [0.29, 0.717) is 6.42 Å². The van der Waals surface area contributed by atoms with E-state index < -0.39 is 89.8 Å². The molecular weight excluding hydrogens is 961 g/mol. The van der Waals surface area contributed by atoms with Gasteiger partial charge in [-0.25, -0.2) is 13.9 Å². The van der Waals surface area contributed by atoms with E-state index in [4.69, 9.17) is 29.0 Å². The quantitative estimate of drug-likeness (QED) is 0.0117. The molecule has 7 N–H and O–H groups in total. The zero-order valence-corrected chi connectivity index (χ0v) is 43.7. The Hall–Kier alpha value is -3.58. The Kier molecular flexibility index (Phi) is 34.1. The summed E-state index contributed by atoms with van der Waals surface area (Å²) in [4.78, 5) is 61.9. The summed E-state index contributed by atoms with van der Waals surface area (Å²) in [5.41, 5.74) is 4.57. The maximum absolute atomic E-state index is 12.9. The Balaban J connectivity index is 1.87. The van der Waals surface area contributed by atoms with Gasteiger partial charge in [0.25, 0.3) is 0 Å². The number of hydrogen-bond donors (Lipinski definition) is 6. The summed E-state index contributed by atoms with van der Waals surface area (Å²) in [6.45, 7) is 1.92. The van der Waals surface area contributed by atoms with Crippen LogP contribution in [0, 0.1) is 0 Å². The standard InChI is InChI=1S/C50H83N3O16P2/c1-3-5-7-9-11-13-15-17-18-20-22-24-26-28-30-34-45(55)64-38-42(67-46(56)35-31-33-41(54)32-29-27-25-23-21-19-16-14-12-10-8-6-4-2)39-65-70(60,61)69-71(62,63)66-40-43-47(57)48(58)49(68-43)53-37-36-44(51)52-50(53)59/h11,13,17-19,21,25,27,29,32,36-37,41-43,47-49,54,57-58H,3-10,12,14-16,20,22-24,26,28,30-31,33-35,38-40H2,1-2H3,(H,60,61)(H,62,63)(H2,51,52,59)/b13-11-,18-17-,21-19+,27-25+,32-29+/t41?,42-,43-,47-,48-,49-/m1/s1. The molecule has 1 aromatic rings. The van der Waals surface area contributed by atoms with Crippen LogP contribution >= 0.6 is 15.6 Å². The number of rotatable bonds is 41. The first-order chi connectivity index (χ1) is 34.1. The summed E-state index contributed by atoms with van der Waals surface area (Å²) in [6.07, 6.45) is 33.3. The van der Waals surface area contributed by atoms with Gasteiger partial charge in [-0.3, -0.25) is 23.2 Å². The number of allylic oxidation sites excluding steroid dienone is 9. The molecule has 0 radical (unpaired) electrons. The summed E-state index contributed by atoms with van der Waals surface area (Å²) >= 11 is 0. The fourth-order valence-corrected chi connectivity index (χ4v) is 9.29. The predicted molar refractivity (Wildman–Crippen MR) is 272 cm³/mol. The number of anilines is 1. The number of carbonyl (C=O) groups is 2. The van der Waals surface area contributed by atoms with Crippen LogP contribution in [0.3, 0.4) is 0 Å². The molecule has 2 heterocycles. The number of phosphoric acid groups is 2. The van der Waals surface area contributed by atoms with E-state index in [1.807, 2.05) is 12.2 Å². The third kappa shape index (κ3) is 30.9. The highest BCUT2D eigenvalue weighted by molar-refractivity contribution is 7.61. The number of phosphoric ester groups is 2. The molecule has 0 bridgehead atoms. The number of aliphatic hydroxyl groups excluding tert-OH is 3. The number of carbonyl (C=O) groups excluding carboxylic acids is 2. The van der Waals surface area contributed by atoms with Gasteiger partial charge in [0.05, 0.1) is 19.3 Å². The Morgan fingerprint density at radius 2 is 1.31 bits per heavy atom. The van der Waals surface area contributed by atoms with E-state index >= 15 is 0 Å². The average Bonchev–Trinajstić information content (AvgIpc) is 3.60. The second-order valence-electron chi connectivity index (χ2n) is 17.5. The normalized spacial score (nSPS) is 20.1. The first-order valence-corrected chi connectivity index (χ1v) is 28.4. The molecule has 1 aliphatic rings. The molecule has 19 nitrogen and oxygen atoms in total. The highest BCUT2D eigenvalue weighted by atomic mass is 31.3. The van der Waals surface area contributed by atoms with E-state index in [2.05, 4.69) is 59.6 Å². The SMILES string of the molecule is CCCCC/C=C\C/C=C\CCCCCCCC(=O)OC[C@H](COP(=O)(O)OP(=O)(O)OC[C@H]1O[C@@H](n2ccc(N)nc2=O)[C@H](O)[C@@H]1O)OC(=O)CCCC(O)/C=C/C=C/C/C=C/CCCCCCCC. The molecule has 1 aromatic heterocycles. The van der Waals surface area contributed by atoms with Crippen molar-refractivity contribution in [3.05, 3.63) is 83.5 Å². The average molecular weight is 1040 g/mol. The number of hydrogen-bond acceptors (Lipinski definition) is 16. The van der Waals surface area contributed by atoms with Crippen molar-refractivity contribution < 1.29 is 71.4 Å². The first-order valence-electron chi connectivity index (χ1n) is 25.4. The Morgan fingerprint density at radius 1 is 0.746 bits per heavy atom. The molecule has 2 rings (SSSR count). The zero-order valence-electron chi connectivity index (χ0n) is 41.9. The van der Waals surface area contributed by atoms with Crippen molar-refractivity contribution in [1.82, 2.24) is 9.55 Å². The van der Waals surface area contributed by atoms with Crippen LogP contribution in [-0.4, -0.2) is 96.9 Å². The van der Waals surface area contributed by atoms with Crippen molar-refractivity contribution >= 4 is 33.4 Å². The van der Waals surface area contributed by atoms with E-state index in [1.165, 1.54) is 63.9 Å². The molecule has 71 heavy (non-hydrogen) atoms. The van der Waals surface area contributed by atoms with Crippen molar-refractivity contribution in [3.8, 4) is 0 Å². The Morgan fingerprint density at radius 3 is 1.96 bits per heavy atom. The van der Waals surface area contributed by atoms with E-state index in [9.17, 15) is 48.6 Å². The van der Waals surface area contributed by atoms with E-state index in [0.717, 1.165) is 68.6 Å². The molecule has 3 unspecified atom stereocenters. The molecule has 0 aliphatic carbocycles. The summed E-state index contributed by atoms with van der Waals surface area (Å²) in [5, 5.41) is 31.3. The Labute approximate surface area is 420 Å². The molecule has 0 spiro atoms. The lowest BCUT2D eigenvalue weighted by atomic mass is 10.1. The highest BCUT2D eigenvalue weighted by Gasteiger charge is 2.46. The van der Waals surface area contributed by atoms with Gasteiger partial charge in [0.15, 0.2) is 12.3 Å². The molecule has 0 saturated carbocycles. The maximum Gasteiger partial charge on any atom is 0.481 e. The first kappa shape index (κ1) is 63.5. The monoisotopic (exact) mass is 1040 g/mol. The van der Waals surface area contributed by atoms with Gasteiger partial charge in [0.1, 0.15) is 30.7 Å². The topological polar surface area (TPSA) is 286 Å². The second-order valence-corrected chi connectivity index (χ2v) is 20.6. The van der Waals surface area contributed by atoms with Crippen molar-refractivity contribution in [2.45, 2.75) is 198 Å². The molecule has 21 heteroatoms. The maximum atomic E-state index is 12.9. The van der Waals surface area contributed by atoms with Crippen molar-refractivity contribution in [1.29, 1.82) is 0 Å². The van der Waals surface area contributed by atoms with E-state index in [1.54, 1.807) is 12.2 Å². The number of esters is 2. The molecule has 0 amide bonds. The highest BCUT2D eigenvalue weighted by Crippen LogP contribution is 2.60. The Bertz CT molecular complexity index is 1940. The molecule has 404 valence electrons. The molecule has 0 aromatic carbocycles. The van der Waals surface area contributed by atoms with Gasteiger partial charge in [0.2, 0.25) is 0 Å². The third-order valence-corrected chi connectivity index (χ3v) is 13.8. The molecular formula is C50H83N3O16P2. The van der Waals surface area contributed by atoms with E-state index in [-0.39, 0.29) is 31.5 Å². The number of aromatic nitrogens is 2. The summed E-state index contributed by atoms with van der Waals surface area (Å²) in [7, 11) is -10.9.